The molecule has 5 nitrogen and oxygen atoms in total. The molecule has 0 radical (unpaired) electrons. The van der Waals surface area contributed by atoms with E-state index in [4.69, 9.17) is 4.42 Å². The second-order valence-electron chi connectivity index (χ2n) is 5.87. The number of hydrogen-bond acceptors (Lipinski definition) is 3. The maximum absolute atomic E-state index is 12.5. The van der Waals surface area contributed by atoms with E-state index in [9.17, 15) is 4.79 Å². The normalized spacial score (nSPS) is 11.8. The van der Waals surface area contributed by atoms with E-state index >= 15 is 0 Å². The molecule has 1 atom stereocenters. The van der Waals surface area contributed by atoms with E-state index in [2.05, 4.69) is 15.6 Å². The molecule has 5 heteroatoms. The number of benzene rings is 2. The fourth-order valence-corrected chi connectivity index (χ4v) is 2.84. The van der Waals surface area contributed by atoms with Gasteiger partial charge in [-0.2, -0.15) is 0 Å². The molecule has 2 amide bonds. The number of hydrogen-bond donors (Lipinski definition) is 2. The first-order valence-electron chi connectivity index (χ1n) is 8.30. The molecule has 4 rings (SSSR count). The Morgan fingerprint density at radius 2 is 1.77 bits per heavy atom. The van der Waals surface area contributed by atoms with Gasteiger partial charge in [-0.25, -0.2) is 4.79 Å². The molecule has 0 saturated carbocycles. The van der Waals surface area contributed by atoms with Gasteiger partial charge in [0.1, 0.15) is 17.4 Å². The number of pyridine rings is 1. The molecule has 128 valence electrons. The van der Waals surface area contributed by atoms with Crippen molar-refractivity contribution < 1.29 is 9.21 Å². The van der Waals surface area contributed by atoms with Gasteiger partial charge in [0.15, 0.2) is 0 Å². The van der Waals surface area contributed by atoms with Gasteiger partial charge in [0.25, 0.3) is 0 Å². The van der Waals surface area contributed by atoms with Gasteiger partial charge < -0.3 is 15.1 Å². The molecule has 2 aromatic carbocycles. The number of aromatic nitrogens is 1. The highest BCUT2D eigenvalue weighted by Crippen LogP contribution is 2.28. The van der Waals surface area contributed by atoms with Crippen LogP contribution in [0, 0.1) is 0 Å². The van der Waals surface area contributed by atoms with E-state index in [1.54, 1.807) is 24.5 Å². The molecular formula is C21H17N3O2. The number of carbonyl (C=O) groups excluding carboxylic acids is 1. The van der Waals surface area contributed by atoms with Crippen molar-refractivity contribution in [1.82, 2.24) is 10.3 Å². The highest BCUT2D eigenvalue weighted by atomic mass is 16.3. The third-order valence-corrected chi connectivity index (χ3v) is 4.06. The molecule has 2 N–H and O–H groups in total. The molecule has 0 bridgehead atoms. The number of anilines is 1. The van der Waals surface area contributed by atoms with Crippen LogP contribution in [0.15, 0.2) is 89.6 Å². The molecule has 0 aliphatic rings. The smallest absolute Gasteiger partial charge is 0.320 e. The van der Waals surface area contributed by atoms with E-state index < -0.39 is 6.04 Å². The van der Waals surface area contributed by atoms with Crippen LogP contribution in [0.3, 0.4) is 0 Å². The Morgan fingerprint density at radius 3 is 2.54 bits per heavy atom. The van der Waals surface area contributed by atoms with E-state index in [1.807, 2.05) is 60.7 Å². The van der Waals surface area contributed by atoms with E-state index in [0.29, 0.717) is 11.4 Å². The van der Waals surface area contributed by atoms with Crippen LogP contribution in [0.5, 0.6) is 0 Å². The lowest BCUT2D eigenvalue weighted by Gasteiger charge is -2.17. The Hall–Kier alpha value is -3.60. The van der Waals surface area contributed by atoms with Gasteiger partial charge in [0.2, 0.25) is 0 Å². The van der Waals surface area contributed by atoms with E-state index in [1.165, 1.54) is 0 Å². The summed E-state index contributed by atoms with van der Waals surface area (Å²) in [6, 6.07) is 22.3. The lowest BCUT2D eigenvalue weighted by atomic mass is 10.0. The van der Waals surface area contributed by atoms with Crippen molar-refractivity contribution in [3.8, 4) is 0 Å². The van der Waals surface area contributed by atoms with Gasteiger partial charge in [-0.15, -0.1) is 0 Å². The largest absolute Gasteiger partial charge is 0.459 e. The molecule has 0 saturated heterocycles. The first-order valence-corrected chi connectivity index (χ1v) is 8.30. The number of furan rings is 1. The van der Waals surface area contributed by atoms with Crippen molar-refractivity contribution in [3.05, 3.63) is 96.5 Å². The van der Waals surface area contributed by atoms with Crippen LogP contribution in [-0.2, 0) is 0 Å². The Bertz CT molecular complexity index is 980. The summed E-state index contributed by atoms with van der Waals surface area (Å²) < 4.78 is 5.98. The average molecular weight is 343 g/mol. The third-order valence-electron chi connectivity index (χ3n) is 4.06. The second kappa shape index (κ2) is 7.11. The summed E-state index contributed by atoms with van der Waals surface area (Å²) in [4.78, 5) is 16.5. The van der Waals surface area contributed by atoms with Gasteiger partial charge in [-0.05, 0) is 29.8 Å². The lowest BCUT2D eigenvalue weighted by molar-refractivity contribution is 0.249. The third kappa shape index (κ3) is 3.42. The monoisotopic (exact) mass is 343 g/mol. The van der Waals surface area contributed by atoms with Gasteiger partial charge in [0.05, 0.1) is 11.9 Å². The average Bonchev–Trinajstić information content (AvgIpc) is 3.11. The van der Waals surface area contributed by atoms with E-state index in [-0.39, 0.29) is 6.03 Å². The van der Waals surface area contributed by atoms with Crippen LogP contribution in [-0.4, -0.2) is 11.0 Å². The van der Waals surface area contributed by atoms with Crippen molar-refractivity contribution in [2.24, 2.45) is 0 Å². The number of carbonyl (C=O) groups is 1. The van der Waals surface area contributed by atoms with E-state index in [0.717, 1.165) is 16.5 Å². The minimum Gasteiger partial charge on any atom is -0.459 e. The minimum absolute atomic E-state index is 0.327. The summed E-state index contributed by atoms with van der Waals surface area (Å²) in [5.41, 5.74) is 2.35. The number of nitrogens with one attached hydrogen (secondary N) is 2. The second-order valence-corrected chi connectivity index (χ2v) is 5.87. The minimum atomic E-state index is -0.403. The molecule has 2 heterocycles. The highest BCUT2D eigenvalue weighted by molar-refractivity contribution is 5.89. The zero-order chi connectivity index (χ0) is 17.8. The molecular weight excluding hydrogens is 326 g/mol. The summed E-state index contributed by atoms with van der Waals surface area (Å²) >= 11 is 0. The number of nitrogens with zero attached hydrogens (tertiary/aromatic N) is 1. The molecule has 2 aromatic heterocycles. The molecule has 0 aliphatic heterocycles. The Balaban J connectivity index is 1.64. The van der Waals surface area contributed by atoms with Crippen molar-refractivity contribution in [2.75, 3.05) is 5.32 Å². The first kappa shape index (κ1) is 15.9. The van der Waals surface area contributed by atoms with Gasteiger partial charge in [-0.1, -0.05) is 48.5 Å². The van der Waals surface area contributed by atoms with Gasteiger partial charge in [-0.3, -0.25) is 4.98 Å². The molecule has 0 spiro atoms. The predicted molar refractivity (Wildman–Crippen MR) is 101 cm³/mol. The number of amides is 2. The van der Waals surface area contributed by atoms with Crippen LogP contribution in [0.2, 0.25) is 0 Å². The Kier molecular flexibility index (Phi) is 4.35. The van der Waals surface area contributed by atoms with Crippen LogP contribution in [0.25, 0.3) is 11.0 Å². The predicted octanol–water partition coefficient (Wildman–Crippen LogP) is 4.74. The van der Waals surface area contributed by atoms with Gasteiger partial charge >= 0.3 is 6.03 Å². The first-order chi connectivity index (χ1) is 12.8. The van der Waals surface area contributed by atoms with Gasteiger partial charge in [0, 0.05) is 11.6 Å². The summed E-state index contributed by atoms with van der Waals surface area (Å²) in [6.07, 6.45) is 3.25. The zero-order valence-corrected chi connectivity index (χ0v) is 13.9. The maximum Gasteiger partial charge on any atom is 0.320 e. The number of urea groups is 1. The fraction of sp³-hybridized carbons (Fsp3) is 0.0476. The molecule has 0 fully saturated rings. The molecule has 0 aliphatic carbocycles. The Morgan fingerprint density at radius 1 is 0.962 bits per heavy atom. The quantitative estimate of drug-likeness (QED) is 0.562. The maximum atomic E-state index is 12.5. The summed E-state index contributed by atoms with van der Waals surface area (Å²) in [5.74, 6) is 0.679. The van der Waals surface area contributed by atoms with Crippen molar-refractivity contribution >= 4 is 22.7 Å². The lowest BCUT2D eigenvalue weighted by Crippen LogP contribution is -2.33. The van der Waals surface area contributed by atoms with Crippen LogP contribution in [0.1, 0.15) is 17.4 Å². The molecule has 26 heavy (non-hydrogen) atoms. The summed E-state index contributed by atoms with van der Waals surface area (Å²) in [5, 5.41) is 6.78. The standard InChI is InChI=1S/C21H17N3O2/c25-21(23-17-10-6-12-22-14-17)24-20(15-7-2-1-3-8-15)19-13-16-9-4-5-11-18(16)26-19/h1-14,20H,(H2,23,24,25). The molecule has 1 unspecified atom stereocenters. The SMILES string of the molecule is O=C(Nc1cccnc1)NC(c1ccccc1)c1cc2ccccc2o1. The van der Waals surface area contributed by atoms with Crippen molar-refractivity contribution in [2.45, 2.75) is 6.04 Å². The molecule has 4 aromatic rings. The fourth-order valence-electron chi connectivity index (χ4n) is 2.84. The summed E-state index contributed by atoms with van der Waals surface area (Å²) in [7, 11) is 0. The van der Waals surface area contributed by atoms with Crippen molar-refractivity contribution in [3.63, 3.8) is 0 Å². The van der Waals surface area contributed by atoms with Crippen LogP contribution >= 0.6 is 0 Å². The summed E-state index contributed by atoms with van der Waals surface area (Å²) in [6.45, 7) is 0. The number of para-hydroxylation sites is 1. The number of fused-ring (bicyclic) bond motifs is 1. The van der Waals surface area contributed by atoms with Crippen molar-refractivity contribution in [1.29, 1.82) is 0 Å². The van der Waals surface area contributed by atoms with Crippen LogP contribution in [0.4, 0.5) is 10.5 Å². The highest BCUT2D eigenvalue weighted by Gasteiger charge is 2.21. The number of rotatable bonds is 4. The zero-order valence-electron chi connectivity index (χ0n) is 13.9. The topological polar surface area (TPSA) is 67.2 Å². The Labute approximate surface area is 150 Å². The van der Waals surface area contributed by atoms with Crippen LogP contribution < -0.4 is 10.6 Å².